The number of hydrogen-bond acceptors (Lipinski definition) is 5. The van der Waals surface area contributed by atoms with Crippen molar-refractivity contribution in [3.63, 3.8) is 0 Å². The molecule has 5 aliphatic rings. The summed E-state index contributed by atoms with van der Waals surface area (Å²) < 4.78 is 6.07. The van der Waals surface area contributed by atoms with Crippen molar-refractivity contribution in [2.24, 2.45) is 68.0 Å². The molecule has 0 radical (unpaired) electrons. The van der Waals surface area contributed by atoms with Crippen LogP contribution in [-0.2, 0) is 23.9 Å². The Balaban J connectivity index is 1.55. The molecule has 8 nitrogen and oxygen atoms in total. The summed E-state index contributed by atoms with van der Waals surface area (Å²) in [7, 11) is 0. The molecule has 8 heteroatoms. The van der Waals surface area contributed by atoms with Crippen LogP contribution in [0.15, 0.2) is 12.2 Å². The van der Waals surface area contributed by atoms with Crippen molar-refractivity contribution >= 4 is 23.9 Å². The van der Waals surface area contributed by atoms with E-state index in [0.717, 1.165) is 44.1 Å². The molecule has 0 bridgehead atoms. The van der Waals surface area contributed by atoms with Gasteiger partial charge in [0.1, 0.15) is 12.0 Å². The van der Waals surface area contributed by atoms with Gasteiger partial charge >= 0.3 is 23.9 Å². The lowest BCUT2D eigenvalue weighted by Gasteiger charge is -2.70. The summed E-state index contributed by atoms with van der Waals surface area (Å²) >= 11 is 0. The normalized spacial score (nSPS) is 45.7. The maximum Gasteiger partial charge on any atom is 0.310 e. The van der Waals surface area contributed by atoms with Crippen LogP contribution in [0.4, 0.5) is 0 Å². The predicted octanol–water partition coefficient (Wildman–Crippen LogP) is 7.06. The Hall–Kier alpha value is -2.38. The van der Waals surface area contributed by atoms with Crippen molar-refractivity contribution in [1.82, 2.24) is 0 Å². The standard InChI is InChI=1S/C36H54O8/c1-19(2)20-12-15-36(30(42)43)17-16-33(7)21(25(20)36)10-11-23-34(33,8)14-13-22-32(5,6)27(26(28(38)39)35(22,23)9)44-24(37)18-31(3,4)29(40)41/h20-23,25-27H,1,10-18H2,2-9H3,(H,38,39)(H,40,41)(H,42,43). The molecule has 0 aromatic rings. The number of hydrogen-bond donors (Lipinski definition) is 3. The zero-order chi connectivity index (χ0) is 33.0. The van der Waals surface area contributed by atoms with E-state index >= 15 is 0 Å². The summed E-state index contributed by atoms with van der Waals surface area (Å²) in [5.74, 6) is -3.88. The van der Waals surface area contributed by atoms with Crippen LogP contribution in [0.1, 0.15) is 113 Å². The van der Waals surface area contributed by atoms with Crippen LogP contribution in [0, 0.1) is 68.0 Å². The Bertz CT molecular complexity index is 1280. The fraction of sp³-hybridized carbons (Fsp3) is 0.833. The zero-order valence-corrected chi connectivity index (χ0v) is 28.0. The number of rotatable bonds is 7. The molecule has 3 N–H and O–H groups in total. The van der Waals surface area contributed by atoms with Gasteiger partial charge in [-0.15, -0.1) is 0 Å². The van der Waals surface area contributed by atoms with Gasteiger partial charge < -0.3 is 20.1 Å². The molecule has 0 aromatic carbocycles. The first kappa shape index (κ1) is 33.0. The Morgan fingerprint density at radius 3 is 2.02 bits per heavy atom. The van der Waals surface area contributed by atoms with Crippen LogP contribution < -0.4 is 0 Å². The quantitative estimate of drug-likeness (QED) is 0.205. The zero-order valence-electron chi connectivity index (χ0n) is 28.0. The van der Waals surface area contributed by atoms with Crippen molar-refractivity contribution in [2.75, 3.05) is 0 Å². The minimum atomic E-state index is -1.32. The topological polar surface area (TPSA) is 138 Å². The van der Waals surface area contributed by atoms with Crippen molar-refractivity contribution < 1.29 is 39.2 Å². The maximum atomic E-state index is 13.3. The number of carbonyl (C=O) groups excluding carboxylic acids is 1. The molecule has 0 saturated heterocycles. The molecule has 5 fully saturated rings. The van der Waals surface area contributed by atoms with Crippen molar-refractivity contribution in [3.8, 4) is 0 Å². The van der Waals surface area contributed by atoms with Gasteiger partial charge in [-0.3, -0.25) is 19.2 Å². The molecular formula is C36H54O8. The molecular weight excluding hydrogens is 560 g/mol. The Morgan fingerprint density at radius 2 is 1.48 bits per heavy atom. The van der Waals surface area contributed by atoms with Crippen LogP contribution in [-0.4, -0.2) is 45.3 Å². The molecule has 11 atom stereocenters. The monoisotopic (exact) mass is 614 g/mol. The van der Waals surface area contributed by atoms with E-state index in [1.165, 1.54) is 13.8 Å². The molecule has 0 spiro atoms. The van der Waals surface area contributed by atoms with Gasteiger partial charge in [-0.1, -0.05) is 46.8 Å². The van der Waals surface area contributed by atoms with E-state index in [2.05, 4.69) is 27.4 Å². The van der Waals surface area contributed by atoms with Crippen LogP contribution in [0.25, 0.3) is 0 Å². The highest BCUT2D eigenvalue weighted by atomic mass is 16.5. The second kappa shape index (κ2) is 10.1. The maximum absolute atomic E-state index is 13.3. The fourth-order valence-corrected chi connectivity index (χ4v) is 12.6. The molecule has 0 heterocycles. The number of ether oxygens (including phenoxy) is 1. The van der Waals surface area contributed by atoms with Gasteiger partial charge in [-0.25, -0.2) is 0 Å². The second-order valence-electron chi connectivity index (χ2n) is 17.4. The number of fused-ring (bicyclic) bond motifs is 7. The van der Waals surface area contributed by atoms with E-state index in [1.807, 2.05) is 20.8 Å². The van der Waals surface area contributed by atoms with Crippen LogP contribution >= 0.6 is 0 Å². The molecule has 5 saturated carbocycles. The van der Waals surface area contributed by atoms with Crippen molar-refractivity contribution in [3.05, 3.63) is 12.2 Å². The van der Waals surface area contributed by atoms with Crippen LogP contribution in [0.5, 0.6) is 0 Å². The number of aliphatic carboxylic acids is 3. The average molecular weight is 615 g/mol. The van der Waals surface area contributed by atoms with E-state index in [-0.39, 0.29) is 46.8 Å². The molecule has 5 aliphatic carbocycles. The van der Waals surface area contributed by atoms with Gasteiger partial charge in [0.2, 0.25) is 0 Å². The summed E-state index contributed by atoms with van der Waals surface area (Å²) in [6.07, 6.45) is 5.17. The van der Waals surface area contributed by atoms with Crippen LogP contribution in [0.2, 0.25) is 0 Å². The van der Waals surface area contributed by atoms with E-state index in [4.69, 9.17) is 4.74 Å². The first-order chi connectivity index (χ1) is 20.1. The summed E-state index contributed by atoms with van der Waals surface area (Å²) in [6.45, 7) is 20.2. The first-order valence-corrected chi connectivity index (χ1v) is 16.7. The lowest BCUT2D eigenvalue weighted by molar-refractivity contribution is -0.228. The minimum Gasteiger partial charge on any atom is -0.481 e. The lowest BCUT2D eigenvalue weighted by Crippen LogP contribution is -2.65. The predicted molar refractivity (Wildman–Crippen MR) is 164 cm³/mol. The third kappa shape index (κ3) is 4.13. The summed E-state index contributed by atoms with van der Waals surface area (Å²) in [6, 6.07) is 0. The molecule has 5 rings (SSSR count). The van der Waals surface area contributed by atoms with Gasteiger partial charge in [0, 0.05) is 5.41 Å². The third-order valence-electron chi connectivity index (χ3n) is 15.0. The van der Waals surface area contributed by atoms with Crippen molar-refractivity contribution in [1.29, 1.82) is 0 Å². The summed E-state index contributed by atoms with van der Waals surface area (Å²) in [5, 5.41) is 31.1. The van der Waals surface area contributed by atoms with E-state index in [1.54, 1.807) is 0 Å². The Kier molecular flexibility index (Phi) is 7.54. The van der Waals surface area contributed by atoms with Gasteiger partial charge in [0.15, 0.2) is 0 Å². The number of carbonyl (C=O) groups is 4. The molecule has 0 aliphatic heterocycles. The van der Waals surface area contributed by atoms with E-state index in [0.29, 0.717) is 12.8 Å². The number of allylic oxidation sites excluding steroid dienone is 1. The summed E-state index contributed by atoms with van der Waals surface area (Å²) in [4.78, 5) is 51.2. The van der Waals surface area contributed by atoms with Gasteiger partial charge in [0.05, 0.1) is 17.3 Å². The van der Waals surface area contributed by atoms with E-state index < -0.39 is 57.6 Å². The SMILES string of the molecule is C=C(C)C1CCC2(C(=O)O)CCC3(C)C(CCC4C5(C)C(C(=O)O)C(OC(=O)CC(C)(C)C(=O)O)C(C)(C)C5CCC43C)C12. The smallest absolute Gasteiger partial charge is 0.310 e. The van der Waals surface area contributed by atoms with Crippen LogP contribution in [0.3, 0.4) is 0 Å². The average Bonchev–Trinajstić information content (AvgIpc) is 3.36. The number of esters is 1. The molecule has 11 unspecified atom stereocenters. The first-order valence-electron chi connectivity index (χ1n) is 16.7. The molecule has 44 heavy (non-hydrogen) atoms. The second-order valence-corrected chi connectivity index (χ2v) is 17.4. The molecule has 246 valence electrons. The number of carboxylic acids is 3. The molecule has 0 amide bonds. The minimum absolute atomic E-state index is 0.00374. The fourth-order valence-electron chi connectivity index (χ4n) is 12.6. The Labute approximate surface area is 262 Å². The lowest BCUT2D eigenvalue weighted by atomic mass is 9.34. The largest absolute Gasteiger partial charge is 0.481 e. The van der Waals surface area contributed by atoms with Gasteiger partial charge in [0.25, 0.3) is 0 Å². The van der Waals surface area contributed by atoms with Crippen molar-refractivity contribution in [2.45, 2.75) is 119 Å². The highest BCUT2D eigenvalue weighted by molar-refractivity contribution is 5.82. The highest BCUT2D eigenvalue weighted by Gasteiger charge is 2.76. The Morgan fingerprint density at radius 1 is 0.841 bits per heavy atom. The number of carboxylic acid groups (broad SMARTS) is 3. The summed E-state index contributed by atoms with van der Waals surface area (Å²) in [5.41, 5.74) is -2.64. The molecule has 0 aromatic heterocycles. The van der Waals surface area contributed by atoms with Gasteiger partial charge in [-0.05, 0) is 118 Å². The van der Waals surface area contributed by atoms with Gasteiger partial charge in [-0.2, -0.15) is 0 Å². The highest BCUT2D eigenvalue weighted by Crippen LogP contribution is 2.79. The van der Waals surface area contributed by atoms with E-state index in [9.17, 15) is 34.5 Å². The third-order valence-corrected chi connectivity index (χ3v) is 15.0.